The minimum Gasteiger partial charge on any atom is -0.507 e. The van der Waals surface area contributed by atoms with E-state index < -0.39 is 17.7 Å². The third-order valence-corrected chi connectivity index (χ3v) is 5.59. The van der Waals surface area contributed by atoms with Crippen LogP contribution in [0.15, 0.2) is 72.6 Å². The normalized spacial score (nSPS) is 18.3. The Morgan fingerprint density at radius 2 is 1.83 bits per heavy atom. The summed E-state index contributed by atoms with van der Waals surface area (Å²) in [6, 6.07) is 16.2. The molecule has 0 spiro atoms. The third-order valence-electron chi connectivity index (χ3n) is 5.59. The van der Waals surface area contributed by atoms with Gasteiger partial charge in [0.05, 0.1) is 11.6 Å². The van der Waals surface area contributed by atoms with E-state index in [1.165, 1.54) is 0 Å². The highest BCUT2D eigenvalue weighted by atomic mass is 16.3. The number of hydrogen-bond donors (Lipinski definition) is 1. The van der Waals surface area contributed by atoms with Crippen molar-refractivity contribution in [3.63, 3.8) is 0 Å². The molecule has 0 saturated carbocycles. The number of aromatic nitrogens is 1. The fourth-order valence-corrected chi connectivity index (χ4v) is 4.10. The summed E-state index contributed by atoms with van der Waals surface area (Å²) < 4.78 is 0. The Balaban J connectivity index is 1.89. The van der Waals surface area contributed by atoms with E-state index in [2.05, 4.69) is 11.9 Å². The van der Waals surface area contributed by atoms with Crippen molar-refractivity contribution in [2.45, 2.75) is 32.2 Å². The number of pyridine rings is 1. The van der Waals surface area contributed by atoms with E-state index in [0.29, 0.717) is 12.1 Å². The molecular weight excluding hydrogens is 376 g/mol. The third kappa shape index (κ3) is 3.47. The monoisotopic (exact) mass is 400 g/mol. The Hall–Kier alpha value is -3.47. The van der Waals surface area contributed by atoms with Crippen molar-refractivity contribution in [2.24, 2.45) is 0 Å². The molecule has 1 aliphatic heterocycles. The Morgan fingerprint density at radius 3 is 2.60 bits per heavy atom. The van der Waals surface area contributed by atoms with Crippen LogP contribution in [-0.2, 0) is 9.59 Å². The lowest BCUT2D eigenvalue weighted by Crippen LogP contribution is -2.30. The average molecular weight is 400 g/mol. The van der Waals surface area contributed by atoms with Gasteiger partial charge in [-0.1, -0.05) is 68.3 Å². The van der Waals surface area contributed by atoms with E-state index in [-0.39, 0.29) is 11.3 Å². The molecule has 2 aromatic carbocycles. The molecule has 4 rings (SSSR count). The van der Waals surface area contributed by atoms with Gasteiger partial charge in [-0.05, 0) is 28.8 Å². The number of amides is 1. The van der Waals surface area contributed by atoms with Crippen LogP contribution in [-0.4, -0.2) is 33.2 Å². The lowest BCUT2D eigenvalue weighted by molar-refractivity contribution is -0.139. The lowest BCUT2D eigenvalue weighted by Gasteiger charge is -2.25. The van der Waals surface area contributed by atoms with Gasteiger partial charge in [-0.2, -0.15) is 0 Å². The van der Waals surface area contributed by atoms with Gasteiger partial charge in [0.15, 0.2) is 0 Å². The number of likely N-dealkylation sites (tertiary alicyclic amines) is 1. The summed E-state index contributed by atoms with van der Waals surface area (Å²) in [5.74, 6) is -1.36. The van der Waals surface area contributed by atoms with Gasteiger partial charge in [-0.15, -0.1) is 0 Å². The molecule has 5 nitrogen and oxygen atoms in total. The fraction of sp³-hybridized carbons (Fsp3) is 0.240. The maximum absolute atomic E-state index is 13.1. The molecule has 0 radical (unpaired) electrons. The zero-order valence-corrected chi connectivity index (χ0v) is 16.9. The molecule has 1 unspecified atom stereocenters. The van der Waals surface area contributed by atoms with Crippen molar-refractivity contribution >= 4 is 28.2 Å². The summed E-state index contributed by atoms with van der Waals surface area (Å²) in [4.78, 5) is 31.7. The molecule has 1 N–H and O–H groups in total. The summed E-state index contributed by atoms with van der Waals surface area (Å²) in [7, 11) is 0. The number of aliphatic hydroxyl groups excluding tert-OH is 1. The molecule has 3 aromatic rings. The van der Waals surface area contributed by atoms with Gasteiger partial charge in [-0.3, -0.25) is 14.6 Å². The smallest absolute Gasteiger partial charge is 0.295 e. The number of rotatable bonds is 6. The van der Waals surface area contributed by atoms with Crippen LogP contribution in [0.4, 0.5) is 0 Å². The maximum atomic E-state index is 13.1. The first-order valence-corrected chi connectivity index (χ1v) is 10.3. The van der Waals surface area contributed by atoms with Gasteiger partial charge < -0.3 is 10.0 Å². The summed E-state index contributed by atoms with van der Waals surface area (Å²) in [6.45, 7) is 2.55. The van der Waals surface area contributed by atoms with Crippen LogP contribution in [0.3, 0.4) is 0 Å². The van der Waals surface area contributed by atoms with E-state index in [9.17, 15) is 14.7 Å². The second-order valence-electron chi connectivity index (χ2n) is 7.51. The van der Waals surface area contributed by atoms with Crippen LogP contribution in [0, 0.1) is 0 Å². The van der Waals surface area contributed by atoms with Crippen molar-refractivity contribution in [3.05, 3.63) is 83.7 Å². The highest BCUT2D eigenvalue weighted by Crippen LogP contribution is 2.40. The molecule has 1 fully saturated rings. The number of carbonyl (C=O) groups is 2. The van der Waals surface area contributed by atoms with E-state index in [4.69, 9.17) is 0 Å². The van der Waals surface area contributed by atoms with E-state index in [1.54, 1.807) is 29.4 Å². The molecule has 5 heteroatoms. The van der Waals surface area contributed by atoms with Crippen molar-refractivity contribution in [3.8, 4) is 0 Å². The number of carbonyl (C=O) groups excluding carboxylic acids is 2. The van der Waals surface area contributed by atoms with Crippen LogP contribution in [0.25, 0.3) is 16.5 Å². The number of nitrogens with zero attached hydrogens (tertiary/aromatic N) is 2. The Morgan fingerprint density at radius 1 is 1.03 bits per heavy atom. The zero-order chi connectivity index (χ0) is 21.1. The number of unbranched alkanes of at least 4 members (excludes halogenated alkanes) is 2. The molecule has 152 valence electrons. The van der Waals surface area contributed by atoms with Gasteiger partial charge in [0.1, 0.15) is 5.76 Å². The SMILES string of the molecule is CCCCCN1C(=O)C(=O)/C(=C(\O)c2cccc3ccccc23)C1c1cccnc1. The van der Waals surface area contributed by atoms with Crippen molar-refractivity contribution in [1.82, 2.24) is 9.88 Å². The standard InChI is InChI=1S/C25H24N2O3/c1-2-3-6-15-27-22(18-11-8-14-26-16-18)21(24(29)25(27)30)23(28)20-13-7-10-17-9-4-5-12-19(17)20/h4-5,7-14,16,22,28H,2-3,6,15H2,1H3/b23-21-. The van der Waals surface area contributed by atoms with Crippen LogP contribution in [0.1, 0.15) is 43.4 Å². The van der Waals surface area contributed by atoms with E-state index in [0.717, 1.165) is 35.6 Å². The number of Topliss-reactive ketones (excluding diaryl/α,β-unsaturated/α-hetero) is 1. The Labute approximate surface area is 175 Å². The zero-order valence-electron chi connectivity index (χ0n) is 16.9. The molecule has 1 amide bonds. The quantitative estimate of drug-likeness (QED) is 0.278. The molecular formula is C25H24N2O3. The molecule has 1 saturated heterocycles. The van der Waals surface area contributed by atoms with Crippen molar-refractivity contribution in [1.29, 1.82) is 0 Å². The largest absolute Gasteiger partial charge is 0.507 e. The van der Waals surface area contributed by atoms with Gasteiger partial charge in [0.2, 0.25) is 0 Å². The summed E-state index contributed by atoms with van der Waals surface area (Å²) in [5, 5.41) is 13.1. The summed E-state index contributed by atoms with van der Waals surface area (Å²) in [6.07, 6.45) is 6.08. The number of aliphatic hydroxyl groups is 1. The van der Waals surface area contributed by atoms with Gasteiger partial charge in [0.25, 0.3) is 11.7 Å². The van der Waals surface area contributed by atoms with E-state index >= 15 is 0 Å². The minimum atomic E-state index is -0.647. The Kier molecular flexibility index (Phi) is 5.61. The van der Waals surface area contributed by atoms with Gasteiger partial charge in [-0.25, -0.2) is 0 Å². The van der Waals surface area contributed by atoms with E-state index in [1.807, 2.05) is 42.5 Å². The highest BCUT2D eigenvalue weighted by molar-refractivity contribution is 6.46. The first-order chi connectivity index (χ1) is 14.6. The lowest BCUT2D eigenvalue weighted by atomic mass is 9.94. The van der Waals surface area contributed by atoms with Gasteiger partial charge >= 0.3 is 0 Å². The van der Waals surface area contributed by atoms with Crippen LogP contribution in [0.2, 0.25) is 0 Å². The first kappa shape index (κ1) is 19.8. The molecule has 0 bridgehead atoms. The molecule has 0 aliphatic carbocycles. The van der Waals surface area contributed by atoms with Crippen molar-refractivity contribution in [2.75, 3.05) is 6.54 Å². The average Bonchev–Trinajstić information content (AvgIpc) is 3.04. The molecule has 2 heterocycles. The number of ketones is 1. The maximum Gasteiger partial charge on any atom is 0.295 e. The molecule has 1 aromatic heterocycles. The van der Waals surface area contributed by atoms with Crippen LogP contribution < -0.4 is 0 Å². The molecule has 30 heavy (non-hydrogen) atoms. The number of hydrogen-bond acceptors (Lipinski definition) is 4. The highest BCUT2D eigenvalue weighted by Gasteiger charge is 2.45. The minimum absolute atomic E-state index is 0.126. The second kappa shape index (κ2) is 8.49. The first-order valence-electron chi connectivity index (χ1n) is 10.3. The van der Waals surface area contributed by atoms with Crippen molar-refractivity contribution < 1.29 is 14.7 Å². The fourth-order valence-electron chi connectivity index (χ4n) is 4.10. The topological polar surface area (TPSA) is 70.5 Å². The number of benzene rings is 2. The predicted molar refractivity (Wildman–Crippen MR) is 117 cm³/mol. The molecule has 1 aliphatic rings. The summed E-state index contributed by atoms with van der Waals surface area (Å²) in [5.41, 5.74) is 1.39. The van der Waals surface area contributed by atoms with Crippen LogP contribution >= 0.6 is 0 Å². The Bertz CT molecular complexity index is 1120. The molecule has 1 atom stereocenters. The second-order valence-corrected chi connectivity index (χ2v) is 7.51. The predicted octanol–water partition coefficient (Wildman–Crippen LogP) is 4.85. The number of fused-ring (bicyclic) bond motifs is 1. The van der Waals surface area contributed by atoms with Gasteiger partial charge in [0, 0.05) is 24.5 Å². The van der Waals surface area contributed by atoms with Crippen LogP contribution in [0.5, 0.6) is 0 Å². The summed E-state index contributed by atoms with van der Waals surface area (Å²) >= 11 is 0.